The number of carbonyl (C=O) groups is 1. The number of rotatable bonds is 3. The first-order valence-electron chi connectivity index (χ1n) is 10.9. The number of nitrogens with two attached hydrogens (primary N) is 1. The van der Waals surface area contributed by atoms with Gasteiger partial charge in [-0.2, -0.15) is 0 Å². The second kappa shape index (κ2) is 8.30. The normalized spacial score (nSPS) is 17.1. The topological polar surface area (TPSA) is 74.5 Å². The minimum atomic E-state index is 0.0239. The third-order valence-electron chi connectivity index (χ3n) is 6.44. The van der Waals surface area contributed by atoms with Crippen LogP contribution in [-0.4, -0.2) is 41.6 Å². The van der Waals surface area contributed by atoms with Crippen LogP contribution in [-0.2, 0) is 6.42 Å². The molecule has 3 aromatic rings. The van der Waals surface area contributed by atoms with E-state index in [0.29, 0.717) is 0 Å². The molecule has 0 spiro atoms. The van der Waals surface area contributed by atoms with E-state index >= 15 is 0 Å². The number of hydrogen-bond donors (Lipinski definition) is 2. The van der Waals surface area contributed by atoms with E-state index in [1.165, 1.54) is 11.3 Å². The van der Waals surface area contributed by atoms with Crippen LogP contribution in [0.4, 0.5) is 21.9 Å². The molecular formula is C25H27N5O. The molecule has 1 fully saturated rings. The van der Waals surface area contributed by atoms with Crippen molar-refractivity contribution in [2.75, 3.05) is 35.6 Å². The zero-order valence-electron chi connectivity index (χ0n) is 17.5. The van der Waals surface area contributed by atoms with Crippen molar-refractivity contribution in [1.29, 1.82) is 0 Å². The van der Waals surface area contributed by atoms with E-state index in [0.717, 1.165) is 61.4 Å². The summed E-state index contributed by atoms with van der Waals surface area (Å²) in [5, 5.41) is 3.10. The van der Waals surface area contributed by atoms with Gasteiger partial charge < -0.3 is 20.9 Å². The van der Waals surface area contributed by atoms with Crippen LogP contribution in [0.15, 0.2) is 67.0 Å². The number of para-hydroxylation sites is 1. The van der Waals surface area contributed by atoms with Crippen molar-refractivity contribution in [3.63, 3.8) is 0 Å². The lowest BCUT2D eigenvalue weighted by Crippen LogP contribution is -2.48. The number of fused-ring (bicyclic) bond motifs is 1. The van der Waals surface area contributed by atoms with Crippen molar-refractivity contribution in [3.05, 3.63) is 72.6 Å². The molecule has 6 heteroatoms. The molecular weight excluding hydrogens is 386 g/mol. The van der Waals surface area contributed by atoms with Crippen LogP contribution in [0.5, 0.6) is 0 Å². The largest absolute Gasteiger partial charge is 0.398 e. The number of nitrogens with one attached hydrogen (secondary N) is 1. The summed E-state index contributed by atoms with van der Waals surface area (Å²) < 4.78 is 0. The highest BCUT2D eigenvalue weighted by Crippen LogP contribution is 2.32. The molecule has 6 nitrogen and oxygen atoms in total. The van der Waals surface area contributed by atoms with Crippen molar-refractivity contribution in [3.8, 4) is 11.1 Å². The lowest BCUT2D eigenvalue weighted by Gasteiger charge is -2.39. The molecule has 1 aromatic heterocycles. The van der Waals surface area contributed by atoms with Crippen molar-refractivity contribution in [1.82, 2.24) is 9.88 Å². The third-order valence-corrected chi connectivity index (χ3v) is 6.44. The smallest absolute Gasteiger partial charge is 0.322 e. The van der Waals surface area contributed by atoms with Gasteiger partial charge in [0, 0.05) is 60.7 Å². The number of amides is 2. The summed E-state index contributed by atoms with van der Waals surface area (Å²) in [4.78, 5) is 21.4. The molecule has 0 saturated carbocycles. The fourth-order valence-electron chi connectivity index (χ4n) is 4.70. The van der Waals surface area contributed by atoms with E-state index in [9.17, 15) is 4.79 Å². The van der Waals surface area contributed by atoms with Gasteiger partial charge in [0.25, 0.3) is 0 Å². The summed E-state index contributed by atoms with van der Waals surface area (Å²) in [7, 11) is 0. The van der Waals surface area contributed by atoms with E-state index < -0.39 is 0 Å². The Kier molecular flexibility index (Phi) is 5.20. The standard InChI is InChI=1S/C25H27N5O/c26-23-6-5-21(17-22(23)18-7-12-27-13-8-18)29-14-10-20(11-15-29)30-16-9-19-3-1-2-4-24(19)28-25(30)31/h1-8,12-13,17,20H,9-11,14-16,26H2,(H,28,31). The molecule has 5 rings (SSSR count). The van der Waals surface area contributed by atoms with Gasteiger partial charge in [0.15, 0.2) is 0 Å². The second-order valence-electron chi connectivity index (χ2n) is 8.26. The zero-order chi connectivity index (χ0) is 21.2. The van der Waals surface area contributed by atoms with Gasteiger partial charge >= 0.3 is 6.03 Å². The molecule has 3 N–H and O–H groups in total. The van der Waals surface area contributed by atoms with Gasteiger partial charge in [-0.3, -0.25) is 4.98 Å². The Morgan fingerprint density at radius 1 is 0.968 bits per heavy atom. The van der Waals surface area contributed by atoms with Crippen molar-refractivity contribution < 1.29 is 4.79 Å². The number of hydrogen-bond acceptors (Lipinski definition) is 4. The Hall–Kier alpha value is -3.54. The molecule has 2 aromatic carbocycles. The summed E-state index contributed by atoms with van der Waals surface area (Å²) in [6.07, 6.45) is 6.38. The Balaban J connectivity index is 1.27. The molecule has 3 heterocycles. The van der Waals surface area contributed by atoms with E-state index in [1.807, 2.05) is 41.3 Å². The average molecular weight is 414 g/mol. The van der Waals surface area contributed by atoms with Gasteiger partial charge in [-0.15, -0.1) is 0 Å². The molecule has 2 amide bonds. The van der Waals surface area contributed by atoms with Crippen LogP contribution >= 0.6 is 0 Å². The van der Waals surface area contributed by atoms with E-state index in [1.54, 1.807) is 12.4 Å². The molecule has 2 aliphatic heterocycles. The van der Waals surface area contributed by atoms with Crippen LogP contribution in [0.25, 0.3) is 11.1 Å². The number of aromatic nitrogens is 1. The predicted octanol–water partition coefficient (Wildman–Crippen LogP) is 4.39. The summed E-state index contributed by atoms with van der Waals surface area (Å²) in [5.74, 6) is 0. The van der Waals surface area contributed by atoms with Gasteiger partial charge in [0.05, 0.1) is 0 Å². The first-order chi connectivity index (χ1) is 15.2. The van der Waals surface area contributed by atoms with Crippen LogP contribution in [0, 0.1) is 0 Å². The monoisotopic (exact) mass is 413 g/mol. The summed E-state index contributed by atoms with van der Waals surface area (Å²) in [5.41, 5.74) is 12.4. The van der Waals surface area contributed by atoms with Gasteiger partial charge in [0.1, 0.15) is 0 Å². The maximum Gasteiger partial charge on any atom is 0.322 e. The van der Waals surface area contributed by atoms with Crippen molar-refractivity contribution in [2.24, 2.45) is 0 Å². The van der Waals surface area contributed by atoms with Gasteiger partial charge in [-0.1, -0.05) is 18.2 Å². The highest BCUT2D eigenvalue weighted by Gasteiger charge is 2.30. The molecule has 0 bridgehead atoms. The predicted molar refractivity (Wildman–Crippen MR) is 125 cm³/mol. The average Bonchev–Trinajstić information content (AvgIpc) is 2.98. The third kappa shape index (κ3) is 3.93. The van der Waals surface area contributed by atoms with Gasteiger partial charge in [0.2, 0.25) is 0 Å². The highest BCUT2D eigenvalue weighted by atomic mass is 16.2. The number of anilines is 3. The van der Waals surface area contributed by atoms with E-state index in [-0.39, 0.29) is 12.1 Å². The maximum atomic E-state index is 12.8. The first kappa shape index (κ1) is 19.4. The summed E-state index contributed by atoms with van der Waals surface area (Å²) >= 11 is 0. The number of nitrogens with zero attached hydrogens (tertiary/aromatic N) is 3. The second-order valence-corrected chi connectivity index (χ2v) is 8.26. The van der Waals surface area contributed by atoms with Crippen LogP contribution in [0.1, 0.15) is 18.4 Å². The highest BCUT2D eigenvalue weighted by molar-refractivity contribution is 5.91. The summed E-state index contributed by atoms with van der Waals surface area (Å²) in [6.45, 7) is 2.60. The lowest BCUT2D eigenvalue weighted by atomic mass is 10.00. The van der Waals surface area contributed by atoms with Gasteiger partial charge in [-0.05, 0) is 66.8 Å². The molecule has 0 unspecified atom stereocenters. The number of carbonyl (C=O) groups excluding carboxylic acids is 1. The zero-order valence-corrected chi connectivity index (χ0v) is 17.5. The number of piperidine rings is 1. The Morgan fingerprint density at radius 3 is 2.55 bits per heavy atom. The van der Waals surface area contributed by atoms with Crippen LogP contribution < -0.4 is 16.0 Å². The molecule has 2 aliphatic rings. The maximum absolute atomic E-state index is 12.8. The minimum Gasteiger partial charge on any atom is -0.398 e. The number of pyridine rings is 1. The fraction of sp³-hybridized carbons (Fsp3) is 0.280. The molecule has 0 radical (unpaired) electrons. The number of nitrogen functional groups attached to an aromatic ring is 1. The van der Waals surface area contributed by atoms with Crippen LogP contribution in [0.3, 0.4) is 0 Å². The van der Waals surface area contributed by atoms with Crippen LogP contribution in [0.2, 0.25) is 0 Å². The Bertz CT molecular complexity index is 1080. The lowest BCUT2D eigenvalue weighted by molar-refractivity contribution is 0.177. The van der Waals surface area contributed by atoms with E-state index in [4.69, 9.17) is 5.73 Å². The Labute approximate surface area is 182 Å². The number of urea groups is 1. The SMILES string of the molecule is Nc1ccc(N2CCC(N3CCc4ccccc4NC3=O)CC2)cc1-c1ccncc1. The minimum absolute atomic E-state index is 0.0239. The molecule has 0 atom stereocenters. The molecule has 0 aliphatic carbocycles. The first-order valence-corrected chi connectivity index (χ1v) is 10.9. The quantitative estimate of drug-likeness (QED) is 0.625. The molecule has 1 saturated heterocycles. The molecule has 31 heavy (non-hydrogen) atoms. The van der Waals surface area contributed by atoms with Gasteiger partial charge in [-0.25, -0.2) is 4.79 Å². The number of benzene rings is 2. The van der Waals surface area contributed by atoms with Crippen molar-refractivity contribution >= 4 is 23.1 Å². The Morgan fingerprint density at radius 2 is 1.74 bits per heavy atom. The van der Waals surface area contributed by atoms with E-state index in [2.05, 4.69) is 33.4 Å². The fourth-order valence-corrected chi connectivity index (χ4v) is 4.70. The van der Waals surface area contributed by atoms with Crippen molar-refractivity contribution in [2.45, 2.75) is 25.3 Å². The summed E-state index contributed by atoms with van der Waals surface area (Å²) in [6, 6.07) is 18.6. The molecule has 158 valence electrons.